The molecule has 19 heavy (non-hydrogen) atoms. The van der Waals surface area contributed by atoms with Crippen LogP contribution in [0.5, 0.6) is 5.75 Å². The van der Waals surface area contributed by atoms with Gasteiger partial charge in [0.05, 0.1) is 18.5 Å². The average molecular weight is 256 g/mol. The molecular weight excluding hydrogens is 240 g/mol. The molecule has 1 aromatic carbocycles. The lowest BCUT2D eigenvalue weighted by molar-refractivity contribution is 0.414. The van der Waals surface area contributed by atoms with Gasteiger partial charge in [-0.2, -0.15) is 5.10 Å². The highest BCUT2D eigenvalue weighted by molar-refractivity contribution is 5.98. The number of nitrogens with zero attached hydrogens (tertiary/aromatic N) is 2. The van der Waals surface area contributed by atoms with E-state index in [4.69, 9.17) is 15.9 Å². The Morgan fingerprint density at radius 1 is 1.42 bits per heavy atom. The molecule has 0 amide bonds. The van der Waals surface area contributed by atoms with Crippen LogP contribution in [0, 0.1) is 5.41 Å². The number of rotatable bonds is 4. The van der Waals surface area contributed by atoms with Gasteiger partial charge in [0, 0.05) is 23.7 Å². The van der Waals surface area contributed by atoms with Crippen molar-refractivity contribution in [1.82, 2.24) is 9.78 Å². The van der Waals surface area contributed by atoms with Gasteiger partial charge in [0.2, 0.25) is 0 Å². The summed E-state index contributed by atoms with van der Waals surface area (Å²) >= 11 is 0. The fourth-order valence-corrected chi connectivity index (χ4v) is 2.12. The first-order valence-corrected chi connectivity index (χ1v) is 6.27. The van der Waals surface area contributed by atoms with Crippen LogP contribution < -0.4 is 10.5 Å². The van der Waals surface area contributed by atoms with Crippen LogP contribution in [0.15, 0.2) is 30.5 Å². The lowest BCUT2D eigenvalue weighted by Crippen LogP contribution is -2.15. The number of aromatic nitrogens is 2. The molecule has 0 spiro atoms. The maximum Gasteiger partial charge on any atom is 0.124 e. The smallest absolute Gasteiger partial charge is 0.124 e. The highest BCUT2D eigenvalue weighted by atomic mass is 16.5. The van der Waals surface area contributed by atoms with Gasteiger partial charge in [0.25, 0.3) is 0 Å². The number of amidine groups is 1. The SMILES string of the molecule is COc1ccc(C(=N)N)c(-n2ccc(C3CC3)n2)c1. The summed E-state index contributed by atoms with van der Waals surface area (Å²) in [6.45, 7) is 0. The fraction of sp³-hybridized carbons (Fsp3) is 0.286. The van der Waals surface area contributed by atoms with Crippen LogP contribution in [0.25, 0.3) is 5.69 Å². The standard InChI is InChI=1S/C14H16N4O/c1-19-10-4-5-11(14(15)16)13(8-10)18-7-6-12(17-18)9-2-3-9/h4-9H,2-3H2,1H3,(H3,15,16). The maximum absolute atomic E-state index is 7.65. The second-order valence-electron chi connectivity index (χ2n) is 4.76. The molecule has 3 rings (SSSR count). The molecule has 0 bridgehead atoms. The number of nitrogens with two attached hydrogens (primary N) is 1. The Bertz CT molecular complexity index is 628. The molecule has 1 aromatic heterocycles. The van der Waals surface area contributed by atoms with Crippen LogP contribution in [0.1, 0.15) is 30.0 Å². The Hall–Kier alpha value is -2.30. The first kappa shape index (κ1) is 11.8. The molecule has 1 heterocycles. The van der Waals surface area contributed by atoms with E-state index < -0.39 is 0 Å². The molecule has 1 fully saturated rings. The third-order valence-electron chi connectivity index (χ3n) is 3.35. The maximum atomic E-state index is 7.65. The largest absolute Gasteiger partial charge is 0.497 e. The van der Waals surface area contributed by atoms with Crippen molar-refractivity contribution < 1.29 is 4.74 Å². The topological polar surface area (TPSA) is 76.9 Å². The predicted octanol–water partition coefficient (Wildman–Crippen LogP) is 2.04. The number of methoxy groups -OCH3 is 1. The first-order valence-electron chi connectivity index (χ1n) is 6.27. The summed E-state index contributed by atoms with van der Waals surface area (Å²) in [5.41, 5.74) is 8.17. The summed E-state index contributed by atoms with van der Waals surface area (Å²) < 4.78 is 7.00. The van der Waals surface area contributed by atoms with Gasteiger partial charge in [-0.3, -0.25) is 5.41 Å². The molecule has 98 valence electrons. The van der Waals surface area contributed by atoms with Gasteiger partial charge in [-0.05, 0) is 31.0 Å². The van der Waals surface area contributed by atoms with Crippen LogP contribution in [0.4, 0.5) is 0 Å². The molecule has 5 nitrogen and oxygen atoms in total. The number of hydrogen-bond acceptors (Lipinski definition) is 3. The molecule has 2 aromatic rings. The van der Waals surface area contributed by atoms with Crippen molar-refractivity contribution in [1.29, 1.82) is 5.41 Å². The minimum Gasteiger partial charge on any atom is -0.497 e. The van der Waals surface area contributed by atoms with E-state index in [2.05, 4.69) is 5.10 Å². The summed E-state index contributed by atoms with van der Waals surface area (Å²) in [5, 5.41) is 12.2. The quantitative estimate of drug-likeness (QED) is 0.649. The number of hydrogen-bond donors (Lipinski definition) is 2. The monoisotopic (exact) mass is 256 g/mol. The minimum absolute atomic E-state index is 0.0288. The molecule has 0 saturated heterocycles. The second-order valence-corrected chi connectivity index (χ2v) is 4.76. The number of nitrogen functional groups attached to an aromatic ring is 1. The average Bonchev–Trinajstić information content (AvgIpc) is 3.15. The van der Waals surface area contributed by atoms with Gasteiger partial charge in [-0.25, -0.2) is 4.68 Å². The van der Waals surface area contributed by atoms with Crippen LogP contribution in [-0.2, 0) is 0 Å². The van der Waals surface area contributed by atoms with Crippen molar-refractivity contribution in [2.45, 2.75) is 18.8 Å². The van der Waals surface area contributed by atoms with Gasteiger partial charge in [0.15, 0.2) is 0 Å². The molecule has 0 radical (unpaired) electrons. The molecule has 1 aliphatic carbocycles. The van der Waals surface area contributed by atoms with Crippen molar-refractivity contribution in [3.8, 4) is 11.4 Å². The minimum atomic E-state index is 0.0288. The molecular formula is C14H16N4O. The molecule has 3 N–H and O–H groups in total. The van der Waals surface area contributed by atoms with Gasteiger partial charge < -0.3 is 10.5 Å². The summed E-state index contributed by atoms with van der Waals surface area (Å²) in [4.78, 5) is 0. The van der Waals surface area contributed by atoms with Gasteiger partial charge in [-0.1, -0.05) is 0 Å². The summed E-state index contributed by atoms with van der Waals surface area (Å²) in [5.74, 6) is 1.36. The zero-order valence-corrected chi connectivity index (χ0v) is 10.8. The van der Waals surface area contributed by atoms with Crippen LogP contribution in [0.3, 0.4) is 0 Å². The van der Waals surface area contributed by atoms with Crippen molar-refractivity contribution in [3.63, 3.8) is 0 Å². The highest BCUT2D eigenvalue weighted by Crippen LogP contribution is 2.39. The number of benzene rings is 1. The van der Waals surface area contributed by atoms with E-state index in [0.717, 1.165) is 17.1 Å². The third kappa shape index (κ3) is 2.19. The molecule has 1 saturated carbocycles. The number of nitrogens with one attached hydrogen (secondary N) is 1. The zero-order chi connectivity index (χ0) is 13.4. The van der Waals surface area contributed by atoms with E-state index in [-0.39, 0.29) is 5.84 Å². The third-order valence-corrected chi connectivity index (χ3v) is 3.35. The Kier molecular flexibility index (Phi) is 2.74. The lowest BCUT2D eigenvalue weighted by atomic mass is 10.1. The van der Waals surface area contributed by atoms with E-state index in [9.17, 15) is 0 Å². The predicted molar refractivity (Wildman–Crippen MR) is 73.1 cm³/mol. The molecule has 5 heteroatoms. The van der Waals surface area contributed by atoms with Crippen molar-refractivity contribution >= 4 is 5.84 Å². The first-order chi connectivity index (χ1) is 9.19. The summed E-state index contributed by atoms with van der Waals surface area (Å²) in [6, 6.07) is 7.46. The Morgan fingerprint density at radius 3 is 2.84 bits per heavy atom. The van der Waals surface area contributed by atoms with Crippen molar-refractivity contribution in [2.75, 3.05) is 7.11 Å². The van der Waals surface area contributed by atoms with Crippen LogP contribution in [0.2, 0.25) is 0 Å². The van der Waals surface area contributed by atoms with E-state index in [0.29, 0.717) is 11.5 Å². The Balaban J connectivity index is 2.06. The van der Waals surface area contributed by atoms with Gasteiger partial charge in [0.1, 0.15) is 11.6 Å². The highest BCUT2D eigenvalue weighted by Gasteiger charge is 2.26. The lowest BCUT2D eigenvalue weighted by Gasteiger charge is -2.10. The van der Waals surface area contributed by atoms with Crippen LogP contribution >= 0.6 is 0 Å². The number of ether oxygens (including phenoxy) is 1. The Morgan fingerprint density at radius 2 is 2.21 bits per heavy atom. The second kappa shape index (κ2) is 4.42. The van der Waals surface area contributed by atoms with E-state index >= 15 is 0 Å². The Labute approximate surface area is 111 Å². The van der Waals surface area contributed by atoms with Crippen molar-refractivity contribution in [2.24, 2.45) is 5.73 Å². The van der Waals surface area contributed by atoms with Crippen LogP contribution in [-0.4, -0.2) is 22.7 Å². The van der Waals surface area contributed by atoms with Gasteiger partial charge in [-0.15, -0.1) is 0 Å². The molecule has 0 atom stereocenters. The normalized spacial score (nSPS) is 14.4. The zero-order valence-electron chi connectivity index (χ0n) is 10.8. The summed E-state index contributed by atoms with van der Waals surface area (Å²) in [6.07, 6.45) is 4.35. The van der Waals surface area contributed by atoms with E-state index in [1.165, 1.54) is 12.8 Å². The van der Waals surface area contributed by atoms with Gasteiger partial charge >= 0.3 is 0 Å². The summed E-state index contributed by atoms with van der Waals surface area (Å²) in [7, 11) is 1.62. The molecule has 0 unspecified atom stereocenters. The molecule has 0 aliphatic heterocycles. The van der Waals surface area contributed by atoms with Crippen molar-refractivity contribution in [3.05, 3.63) is 41.7 Å². The molecule has 1 aliphatic rings. The van der Waals surface area contributed by atoms with E-state index in [1.807, 2.05) is 18.3 Å². The fourth-order valence-electron chi connectivity index (χ4n) is 2.12. The van der Waals surface area contributed by atoms with E-state index in [1.54, 1.807) is 23.9 Å².